The number of non-ortho nitro benzene ring substituents is 1. The Balaban J connectivity index is 2.23. The fraction of sp³-hybridized carbons (Fsp3) is 0.167. The van der Waals surface area contributed by atoms with Crippen LogP contribution in [-0.4, -0.2) is 34.4 Å². The SMILES string of the molecule is O=C(O)CCCNC(=O)/C(=C\c1cccc([N+](=O)[O-])c1)NC(=O)c1ccc(Br)o1. The van der Waals surface area contributed by atoms with Crippen LogP contribution in [0.5, 0.6) is 0 Å². The number of hydrogen-bond donors (Lipinski definition) is 3. The van der Waals surface area contributed by atoms with Crippen LogP contribution in [0.15, 0.2) is 51.2 Å². The standard InChI is InChI=1S/C18H16BrN3O7/c19-15-7-6-14(29-15)18(26)21-13(17(25)20-8-2-5-16(23)24)10-11-3-1-4-12(9-11)22(27)28/h1,3-4,6-7,9-10H,2,5,8H2,(H,20,25)(H,21,26)(H,23,24)/b13-10+. The number of carboxylic acids is 1. The van der Waals surface area contributed by atoms with E-state index >= 15 is 0 Å². The summed E-state index contributed by atoms with van der Waals surface area (Å²) >= 11 is 3.07. The molecule has 0 atom stereocenters. The first-order valence-corrected chi connectivity index (χ1v) is 9.08. The van der Waals surface area contributed by atoms with E-state index in [2.05, 4.69) is 26.6 Å². The first-order chi connectivity index (χ1) is 13.8. The van der Waals surface area contributed by atoms with Crippen molar-refractivity contribution in [1.82, 2.24) is 10.6 Å². The molecule has 1 aromatic carbocycles. The second-order valence-electron chi connectivity index (χ2n) is 5.72. The van der Waals surface area contributed by atoms with Gasteiger partial charge in [-0.05, 0) is 46.1 Å². The summed E-state index contributed by atoms with van der Waals surface area (Å²) in [6.07, 6.45) is 1.34. The smallest absolute Gasteiger partial charge is 0.303 e. The molecular weight excluding hydrogens is 450 g/mol. The van der Waals surface area contributed by atoms with Gasteiger partial charge in [0, 0.05) is 25.1 Å². The van der Waals surface area contributed by atoms with Crippen LogP contribution >= 0.6 is 15.9 Å². The number of aliphatic carboxylic acids is 1. The topological polar surface area (TPSA) is 152 Å². The molecule has 3 N–H and O–H groups in total. The van der Waals surface area contributed by atoms with Crippen molar-refractivity contribution in [3.8, 4) is 0 Å². The van der Waals surface area contributed by atoms with Crippen molar-refractivity contribution in [3.63, 3.8) is 0 Å². The second-order valence-corrected chi connectivity index (χ2v) is 6.50. The molecule has 0 radical (unpaired) electrons. The van der Waals surface area contributed by atoms with Gasteiger partial charge < -0.3 is 20.2 Å². The van der Waals surface area contributed by atoms with Crippen molar-refractivity contribution in [2.75, 3.05) is 6.54 Å². The zero-order chi connectivity index (χ0) is 21.4. The summed E-state index contributed by atoms with van der Waals surface area (Å²) < 4.78 is 5.47. The van der Waals surface area contributed by atoms with Gasteiger partial charge in [-0.2, -0.15) is 0 Å². The highest BCUT2D eigenvalue weighted by molar-refractivity contribution is 9.10. The Bertz CT molecular complexity index is 968. The van der Waals surface area contributed by atoms with Crippen molar-refractivity contribution in [1.29, 1.82) is 0 Å². The Kier molecular flexibility index (Phi) is 7.66. The first-order valence-electron chi connectivity index (χ1n) is 8.29. The van der Waals surface area contributed by atoms with E-state index in [-0.39, 0.29) is 36.5 Å². The van der Waals surface area contributed by atoms with E-state index in [9.17, 15) is 24.5 Å². The third-order valence-corrected chi connectivity index (χ3v) is 3.96. The van der Waals surface area contributed by atoms with Crippen LogP contribution in [0, 0.1) is 10.1 Å². The Morgan fingerprint density at radius 1 is 1.24 bits per heavy atom. The van der Waals surface area contributed by atoms with Gasteiger partial charge in [-0.15, -0.1) is 0 Å². The summed E-state index contributed by atoms with van der Waals surface area (Å²) in [6, 6.07) is 8.41. The molecule has 0 saturated carbocycles. The molecule has 0 saturated heterocycles. The van der Waals surface area contributed by atoms with E-state index in [0.717, 1.165) is 0 Å². The number of carbonyl (C=O) groups is 3. The Morgan fingerprint density at radius 2 is 2.00 bits per heavy atom. The maximum absolute atomic E-state index is 12.5. The summed E-state index contributed by atoms with van der Waals surface area (Å²) in [7, 11) is 0. The average molecular weight is 466 g/mol. The number of nitro groups is 1. The third kappa shape index (κ3) is 6.88. The van der Waals surface area contributed by atoms with Crippen LogP contribution in [-0.2, 0) is 9.59 Å². The maximum atomic E-state index is 12.5. The lowest BCUT2D eigenvalue weighted by Gasteiger charge is -2.10. The quantitative estimate of drug-likeness (QED) is 0.222. The number of nitrogens with zero attached hydrogens (tertiary/aromatic N) is 1. The zero-order valence-corrected chi connectivity index (χ0v) is 16.5. The number of rotatable bonds is 9. The van der Waals surface area contributed by atoms with E-state index in [4.69, 9.17) is 9.52 Å². The molecule has 11 heteroatoms. The summed E-state index contributed by atoms with van der Waals surface area (Å²) in [5, 5.41) is 24.5. The molecule has 0 aliphatic rings. The molecule has 0 aliphatic heterocycles. The Hall–Kier alpha value is -3.47. The van der Waals surface area contributed by atoms with Crippen LogP contribution in [0.4, 0.5) is 5.69 Å². The van der Waals surface area contributed by atoms with Gasteiger partial charge in [-0.25, -0.2) is 0 Å². The molecule has 152 valence electrons. The molecule has 0 bridgehead atoms. The monoisotopic (exact) mass is 465 g/mol. The normalized spacial score (nSPS) is 11.0. The number of benzene rings is 1. The molecule has 0 unspecified atom stereocenters. The number of nitrogens with one attached hydrogen (secondary N) is 2. The minimum Gasteiger partial charge on any atom is -0.481 e. The van der Waals surface area contributed by atoms with E-state index < -0.39 is 22.7 Å². The molecular formula is C18H16BrN3O7. The van der Waals surface area contributed by atoms with Crippen molar-refractivity contribution in [2.24, 2.45) is 0 Å². The lowest BCUT2D eigenvalue weighted by molar-refractivity contribution is -0.384. The third-order valence-electron chi connectivity index (χ3n) is 3.53. The Labute approximate surface area is 172 Å². The number of nitro benzene ring substituents is 1. The maximum Gasteiger partial charge on any atom is 0.303 e. The minimum atomic E-state index is -0.997. The van der Waals surface area contributed by atoms with Gasteiger partial charge in [0.25, 0.3) is 17.5 Å². The molecule has 0 spiro atoms. The van der Waals surface area contributed by atoms with E-state index in [1.54, 1.807) is 0 Å². The van der Waals surface area contributed by atoms with Gasteiger partial charge in [0.2, 0.25) is 0 Å². The molecule has 2 aromatic rings. The molecule has 2 rings (SSSR count). The second kappa shape index (κ2) is 10.2. The number of hydrogen-bond acceptors (Lipinski definition) is 6. The van der Waals surface area contributed by atoms with E-state index in [1.807, 2.05) is 0 Å². The molecule has 1 aromatic heterocycles. The molecule has 2 amide bonds. The molecule has 29 heavy (non-hydrogen) atoms. The van der Waals surface area contributed by atoms with Gasteiger partial charge in [0.1, 0.15) is 5.70 Å². The van der Waals surface area contributed by atoms with Crippen LogP contribution in [0.1, 0.15) is 29.0 Å². The number of furan rings is 1. The number of amides is 2. The largest absolute Gasteiger partial charge is 0.481 e. The highest BCUT2D eigenvalue weighted by Gasteiger charge is 2.17. The predicted molar refractivity (Wildman–Crippen MR) is 105 cm³/mol. The fourth-order valence-corrected chi connectivity index (χ4v) is 2.52. The number of halogens is 1. The fourth-order valence-electron chi connectivity index (χ4n) is 2.21. The molecule has 0 fully saturated rings. The number of carboxylic acid groups (broad SMARTS) is 1. The highest BCUT2D eigenvalue weighted by atomic mass is 79.9. The van der Waals surface area contributed by atoms with Gasteiger partial charge in [-0.3, -0.25) is 24.5 Å². The summed E-state index contributed by atoms with van der Waals surface area (Å²) in [4.78, 5) is 45.7. The number of carbonyl (C=O) groups excluding carboxylic acids is 2. The van der Waals surface area contributed by atoms with Crippen LogP contribution < -0.4 is 10.6 Å². The summed E-state index contributed by atoms with van der Waals surface area (Å²) in [5.74, 6) is -2.43. The van der Waals surface area contributed by atoms with Gasteiger partial charge >= 0.3 is 5.97 Å². The summed E-state index contributed by atoms with van der Waals surface area (Å²) in [5.41, 5.74) is -0.0459. The van der Waals surface area contributed by atoms with Crippen molar-refractivity contribution >= 4 is 45.5 Å². The highest BCUT2D eigenvalue weighted by Crippen LogP contribution is 2.17. The zero-order valence-electron chi connectivity index (χ0n) is 14.9. The molecule has 10 nitrogen and oxygen atoms in total. The van der Waals surface area contributed by atoms with Gasteiger partial charge in [-0.1, -0.05) is 12.1 Å². The van der Waals surface area contributed by atoms with E-state index in [1.165, 1.54) is 42.5 Å². The van der Waals surface area contributed by atoms with Gasteiger partial charge in [0.15, 0.2) is 10.4 Å². The lowest BCUT2D eigenvalue weighted by Crippen LogP contribution is -2.35. The molecule has 1 heterocycles. The van der Waals surface area contributed by atoms with E-state index in [0.29, 0.717) is 10.2 Å². The average Bonchev–Trinajstić information content (AvgIpc) is 3.11. The van der Waals surface area contributed by atoms with Crippen LogP contribution in [0.2, 0.25) is 0 Å². The van der Waals surface area contributed by atoms with Crippen LogP contribution in [0.3, 0.4) is 0 Å². The van der Waals surface area contributed by atoms with Gasteiger partial charge in [0.05, 0.1) is 4.92 Å². The summed E-state index contributed by atoms with van der Waals surface area (Å²) in [6.45, 7) is 0.0690. The van der Waals surface area contributed by atoms with Crippen molar-refractivity contribution < 1.29 is 28.8 Å². The first kappa shape index (κ1) is 21.8. The molecule has 0 aliphatic carbocycles. The van der Waals surface area contributed by atoms with Crippen molar-refractivity contribution in [3.05, 3.63) is 68.2 Å². The van der Waals surface area contributed by atoms with Crippen molar-refractivity contribution in [2.45, 2.75) is 12.8 Å². The minimum absolute atomic E-state index is 0.0551. The lowest BCUT2D eigenvalue weighted by atomic mass is 10.1. The predicted octanol–water partition coefficient (Wildman–Crippen LogP) is 2.70. The van der Waals surface area contributed by atoms with Crippen LogP contribution in [0.25, 0.3) is 6.08 Å². The Morgan fingerprint density at radius 3 is 2.62 bits per heavy atom.